The second kappa shape index (κ2) is 8.04. The number of benzene rings is 1. The molecule has 0 saturated heterocycles. The van der Waals surface area contributed by atoms with Crippen molar-refractivity contribution in [1.82, 2.24) is 9.97 Å². The molecule has 5 nitrogen and oxygen atoms in total. The van der Waals surface area contributed by atoms with Gasteiger partial charge in [-0.3, -0.25) is 0 Å². The molecule has 0 amide bonds. The Hall–Kier alpha value is -2.51. The average Bonchev–Trinajstić information content (AvgIpc) is 2.60. The van der Waals surface area contributed by atoms with Crippen LogP contribution in [0.3, 0.4) is 0 Å². The highest BCUT2D eigenvalue weighted by molar-refractivity contribution is 5.65. The van der Waals surface area contributed by atoms with Crippen molar-refractivity contribution < 1.29 is 22.6 Å². The van der Waals surface area contributed by atoms with Gasteiger partial charge in [0.25, 0.3) is 0 Å². The molecule has 8 heteroatoms. The molecule has 0 bridgehead atoms. The van der Waals surface area contributed by atoms with E-state index in [1.807, 2.05) is 32.0 Å². The summed E-state index contributed by atoms with van der Waals surface area (Å²) in [6, 6.07) is 7.26. The van der Waals surface area contributed by atoms with Crippen LogP contribution in [-0.4, -0.2) is 30.2 Å². The molecule has 0 aliphatic rings. The van der Waals surface area contributed by atoms with Gasteiger partial charge >= 0.3 is 6.18 Å². The molecular formula is C17H20F3N3O2. The van der Waals surface area contributed by atoms with Gasteiger partial charge < -0.3 is 14.4 Å². The predicted molar refractivity (Wildman–Crippen MR) is 88.5 cm³/mol. The summed E-state index contributed by atoms with van der Waals surface area (Å²) in [5, 5.41) is 0. The van der Waals surface area contributed by atoms with E-state index in [9.17, 15) is 13.2 Å². The number of halogens is 3. The van der Waals surface area contributed by atoms with Crippen LogP contribution >= 0.6 is 0 Å². The molecule has 0 fully saturated rings. The summed E-state index contributed by atoms with van der Waals surface area (Å²) in [5.74, 6) is 0.219. The lowest BCUT2D eigenvalue weighted by molar-refractivity contribution is -0.139. The Kier molecular flexibility index (Phi) is 6.06. The van der Waals surface area contributed by atoms with Gasteiger partial charge in [-0.2, -0.15) is 18.2 Å². The van der Waals surface area contributed by atoms with Crippen molar-refractivity contribution in [2.75, 3.05) is 25.2 Å². The van der Waals surface area contributed by atoms with E-state index in [-0.39, 0.29) is 5.95 Å². The molecule has 1 aromatic carbocycles. The lowest BCUT2D eigenvalue weighted by Crippen LogP contribution is -2.21. The van der Waals surface area contributed by atoms with Crippen LogP contribution in [0.25, 0.3) is 0 Å². The molecular weight excluding hydrogens is 335 g/mol. The fraction of sp³-hybridized carbons (Fsp3) is 0.412. The quantitative estimate of drug-likeness (QED) is 0.734. The molecule has 25 heavy (non-hydrogen) atoms. The predicted octanol–water partition coefficient (Wildman–Crippen LogP) is 4.45. The van der Waals surface area contributed by atoms with Gasteiger partial charge in [0.05, 0.1) is 19.4 Å². The van der Waals surface area contributed by atoms with Crippen molar-refractivity contribution in [3.05, 3.63) is 36.0 Å². The van der Waals surface area contributed by atoms with E-state index in [1.165, 1.54) is 0 Å². The number of rotatable bonds is 7. The first kappa shape index (κ1) is 18.8. The Morgan fingerprint density at radius 3 is 2.48 bits per heavy atom. The lowest BCUT2D eigenvalue weighted by Gasteiger charge is -2.24. The zero-order valence-electron chi connectivity index (χ0n) is 14.3. The molecule has 1 heterocycles. The Bertz CT molecular complexity index is 708. The highest BCUT2D eigenvalue weighted by Crippen LogP contribution is 2.37. The molecule has 2 aromatic rings. The molecule has 0 saturated carbocycles. The number of nitrogens with zero attached hydrogens (tertiary/aromatic N) is 3. The molecule has 0 aliphatic heterocycles. The van der Waals surface area contributed by atoms with Crippen LogP contribution < -0.4 is 14.4 Å². The largest absolute Gasteiger partial charge is 0.491 e. The van der Waals surface area contributed by atoms with Crippen molar-refractivity contribution in [2.45, 2.75) is 26.4 Å². The Balaban J connectivity index is 2.45. The molecule has 0 radical (unpaired) electrons. The summed E-state index contributed by atoms with van der Waals surface area (Å²) in [6.45, 7) is 4.82. The van der Waals surface area contributed by atoms with E-state index in [0.717, 1.165) is 19.7 Å². The van der Waals surface area contributed by atoms with E-state index in [2.05, 4.69) is 9.97 Å². The fourth-order valence-corrected chi connectivity index (χ4v) is 2.27. The third-order valence-corrected chi connectivity index (χ3v) is 3.42. The van der Waals surface area contributed by atoms with Gasteiger partial charge in [-0.1, -0.05) is 19.1 Å². The third-order valence-electron chi connectivity index (χ3n) is 3.42. The summed E-state index contributed by atoms with van der Waals surface area (Å²) < 4.78 is 49.5. The van der Waals surface area contributed by atoms with Crippen LogP contribution in [0, 0.1) is 0 Å². The molecule has 0 N–H and O–H groups in total. The Labute approximate surface area is 144 Å². The van der Waals surface area contributed by atoms with E-state index in [1.54, 1.807) is 11.0 Å². The van der Waals surface area contributed by atoms with Crippen LogP contribution in [0.15, 0.2) is 30.5 Å². The van der Waals surface area contributed by atoms with Crippen LogP contribution in [0.4, 0.5) is 24.8 Å². The first-order valence-electron chi connectivity index (χ1n) is 7.89. The fourth-order valence-electron chi connectivity index (χ4n) is 2.27. The SMILES string of the molecule is CCCOc1ccccc1N(CC)c1ncc(C(F)(F)F)c(OC)n1. The monoisotopic (exact) mass is 355 g/mol. The number of para-hydroxylation sites is 2. The second-order valence-corrected chi connectivity index (χ2v) is 5.15. The number of hydrogen-bond acceptors (Lipinski definition) is 5. The minimum atomic E-state index is -4.58. The minimum Gasteiger partial charge on any atom is -0.491 e. The number of aromatic nitrogens is 2. The number of methoxy groups -OCH3 is 1. The number of hydrogen-bond donors (Lipinski definition) is 0. The maximum Gasteiger partial charge on any atom is 0.423 e. The zero-order chi connectivity index (χ0) is 18.4. The molecule has 0 atom stereocenters. The van der Waals surface area contributed by atoms with Gasteiger partial charge in [-0.05, 0) is 25.5 Å². The van der Waals surface area contributed by atoms with Crippen molar-refractivity contribution in [3.63, 3.8) is 0 Å². The Morgan fingerprint density at radius 2 is 1.88 bits per heavy atom. The maximum atomic E-state index is 13.0. The van der Waals surface area contributed by atoms with Gasteiger partial charge in [0.2, 0.25) is 11.8 Å². The van der Waals surface area contributed by atoms with Crippen LogP contribution in [0.5, 0.6) is 11.6 Å². The summed E-state index contributed by atoms with van der Waals surface area (Å²) in [4.78, 5) is 9.50. The third kappa shape index (κ3) is 4.32. The van der Waals surface area contributed by atoms with Crippen molar-refractivity contribution in [2.24, 2.45) is 0 Å². The van der Waals surface area contributed by atoms with Gasteiger partial charge in [0, 0.05) is 12.7 Å². The summed E-state index contributed by atoms with van der Waals surface area (Å²) in [5.41, 5.74) is -0.328. The number of anilines is 2. The number of alkyl halides is 3. The summed E-state index contributed by atoms with van der Waals surface area (Å²) in [7, 11) is 1.15. The van der Waals surface area contributed by atoms with Crippen LogP contribution in [-0.2, 0) is 6.18 Å². The Morgan fingerprint density at radius 1 is 1.16 bits per heavy atom. The van der Waals surface area contributed by atoms with Gasteiger partial charge in [-0.25, -0.2) is 4.98 Å². The van der Waals surface area contributed by atoms with E-state index >= 15 is 0 Å². The molecule has 0 aliphatic carbocycles. The standard InChI is InChI=1S/C17H20F3N3O2/c1-4-10-25-14-9-7-6-8-13(14)23(5-2)16-21-11-12(17(18,19)20)15(22-16)24-3/h6-9,11H,4-5,10H2,1-3H3. The first-order chi connectivity index (χ1) is 11.9. The topological polar surface area (TPSA) is 47.5 Å². The van der Waals surface area contributed by atoms with E-state index in [4.69, 9.17) is 9.47 Å². The highest BCUT2D eigenvalue weighted by Gasteiger charge is 2.36. The van der Waals surface area contributed by atoms with Gasteiger partial charge in [0.15, 0.2) is 0 Å². The summed E-state index contributed by atoms with van der Waals surface area (Å²) in [6.07, 6.45) is -3.01. The smallest absolute Gasteiger partial charge is 0.423 e. The van der Waals surface area contributed by atoms with Gasteiger partial charge in [0.1, 0.15) is 11.3 Å². The molecule has 0 spiro atoms. The highest BCUT2D eigenvalue weighted by atomic mass is 19.4. The average molecular weight is 355 g/mol. The lowest BCUT2D eigenvalue weighted by atomic mass is 10.2. The minimum absolute atomic E-state index is 0.111. The van der Waals surface area contributed by atoms with Crippen molar-refractivity contribution in [3.8, 4) is 11.6 Å². The normalized spacial score (nSPS) is 11.3. The first-order valence-corrected chi connectivity index (χ1v) is 7.89. The van der Waals surface area contributed by atoms with Crippen LogP contribution in [0.2, 0.25) is 0 Å². The zero-order valence-corrected chi connectivity index (χ0v) is 14.3. The molecule has 0 unspecified atom stereocenters. The maximum absolute atomic E-state index is 13.0. The van der Waals surface area contributed by atoms with E-state index < -0.39 is 17.6 Å². The van der Waals surface area contributed by atoms with E-state index in [0.29, 0.717) is 24.6 Å². The van der Waals surface area contributed by atoms with Crippen molar-refractivity contribution >= 4 is 11.6 Å². The second-order valence-electron chi connectivity index (χ2n) is 5.15. The number of ether oxygens (including phenoxy) is 2. The van der Waals surface area contributed by atoms with Crippen LogP contribution in [0.1, 0.15) is 25.8 Å². The summed E-state index contributed by atoms with van der Waals surface area (Å²) >= 11 is 0. The molecule has 1 aromatic heterocycles. The molecule has 2 rings (SSSR count). The molecule has 136 valence electrons. The van der Waals surface area contributed by atoms with Gasteiger partial charge in [-0.15, -0.1) is 0 Å². The van der Waals surface area contributed by atoms with Crippen molar-refractivity contribution in [1.29, 1.82) is 0 Å².